The van der Waals surface area contributed by atoms with Crippen molar-refractivity contribution < 1.29 is 23.8 Å². The summed E-state index contributed by atoms with van der Waals surface area (Å²) in [4.78, 5) is 28.6. The third-order valence-corrected chi connectivity index (χ3v) is 6.70. The van der Waals surface area contributed by atoms with Crippen molar-refractivity contribution in [2.75, 3.05) is 5.32 Å². The number of benzene rings is 3. The predicted molar refractivity (Wildman–Crippen MR) is 137 cm³/mol. The van der Waals surface area contributed by atoms with E-state index in [0.717, 1.165) is 26.8 Å². The number of aryl methyl sites for hydroxylation is 1. The van der Waals surface area contributed by atoms with Crippen molar-refractivity contribution >= 4 is 40.1 Å². The van der Waals surface area contributed by atoms with Crippen molar-refractivity contribution in [2.45, 2.75) is 20.0 Å². The predicted octanol–water partition coefficient (Wildman–Crippen LogP) is 6.93. The molecule has 0 aliphatic carbocycles. The molecular weight excluding hydrogens is 478 g/mol. The van der Waals surface area contributed by atoms with E-state index in [-0.39, 0.29) is 11.7 Å². The van der Waals surface area contributed by atoms with Gasteiger partial charge < -0.3 is 14.3 Å². The molecule has 0 radical (unpaired) electrons. The van der Waals surface area contributed by atoms with Crippen LogP contribution in [0.25, 0.3) is 32.7 Å². The first kappa shape index (κ1) is 23.3. The van der Waals surface area contributed by atoms with Crippen LogP contribution in [0.5, 0.6) is 0 Å². The number of carbonyl (C=O) groups is 2. The molecule has 0 aliphatic rings. The Morgan fingerprint density at radius 1 is 1.03 bits per heavy atom. The quantitative estimate of drug-likeness (QED) is 0.260. The van der Waals surface area contributed by atoms with Gasteiger partial charge in [0.05, 0.1) is 22.5 Å². The Hall–Kier alpha value is -4.50. The minimum absolute atomic E-state index is 0.210. The Labute approximate surface area is 210 Å². The van der Waals surface area contributed by atoms with Gasteiger partial charge in [-0.1, -0.05) is 48.5 Å². The maximum Gasteiger partial charge on any atom is 0.412 e. The number of nitrogens with zero attached hydrogens (tertiary/aromatic N) is 2. The summed E-state index contributed by atoms with van der Waals surface area (Å²) in [5.41, 5.74) is 3.80. The Bertz CT molecular complexity index is 1580. The fourth-order valence-corrected chi connectivity index (χ4v) is 4.67. The number of aromatic carboxylic acids is 1. The summed E-state index contributed by atoms with van der Waals surface area (Å²) >= 11 is 1.30. The number of aromatic nitrogens is 2. The van der Waals surface area contributed by atoms with Crippen LogP contribution in [-0.4, -0.2) is 26.5 Å². The molecule has 3 aromatic carbocycles. The van der Waals surface area contributed by atoms with E-state index >= 15 is 0 Å². The molecule has 8 nitrogen and oxygen atoms in total. The summed E-state index contributed by atoms with van der Waals surface area (Å²) in [5, 5.41) is 13.8. The average Bonchev–Trinajstić information content (AvgIpc) is 3.52. The molecule has 0 bridgehead atoms. The van der Waals surface area contributed by atoms with Gasteiger partial charge in [0, 0.05) is 5.56 Å². The zero-order valence-corrected chi connectivity index (χ0v) is 20.2. The molecule has 180 valence electrons. The Morgan fingerprint density at radius 3 is 2.42 bits per heavy atom. The monoisotopic (exact) mass is 499 g/mol. The van der Waals surface area contributed by atoms with Gasteiger partial charge in [-0.15, -0.1) is 0 Å². The summed E-state index contributed by atoms with van der Waals surface area (Å²) in [7, 11) is 0. The summed E-state index contributed by atoms with van der Waals surface area (Å²) < 4.78 is 15.3. The second-order valence-electron chi connectivity index (χ2n) is 8.17. The number of amides is 1. The normalized spacial score (nSPS) is 11.8. The highest BCUT2D eigenvalue weighted by Crippen LogP contribution is 2.37. The minimum Gasteiger partial charge on any atom is -0.475 e. The number of fused-ring (bicyclic) bond motifs is 1. The third-order valence-electron chi connectivity index (χ3n) is 5.71. The van der Waals surface area contributed by atoms with Crippen LogP contribution in [0.1, 0.15) is 34.8 Å². The zero-order valence-electron chi connectivity index (χ0n) is 19.4. The molecule has 2 N–H and O–H groups in total. The molecule has 1 atom stereocenters. The van der Waals surface area contributed by atoms with Crippen LogP contribution in [0.2, 0.25) is 0 Å². The van der Waals surface area contributed by atoms with Crippen molar-refractivity contribution in [1.29, 1.82) is 0 Å². The second kappa shape index (κ2) is 9.63. The van der Waals surface area contributed by atoms with Crippen molar-refractivity contribution in [2.24, 2.45) is 0 Å². The van der Waals surface area contributed by atoms with Crippen LogP contribution in [0.4, 0.5) is 10.5 Å². The molecule has 1 unspecified atom stereocenters. The lowest BCUT2D eigenvalue weighted by atomic mass is 10.0. The first-order chi connectivity index (χ1) is 17.4. The van der Waals surface area contributed by atoms with E-state index in [0.29, 0.717) is 16.9 Å². The van der Waals surface area contributed by atoms with Crippen molar-refractivity contribution in [3.63, 3.8) is 0 Å². The van der Waals surface area contributed by atoms with Crippen LogP contribution in [0, 0.1) is 6.92 Å². The number of carboxylic acid groups (broad SMARTS) is 1. The van der Waals surface area contributed by atoms with Gasteiger partial charge in [0.25, 0.3) is 0 Å². The van der Waals surface area contributed by atoms with E-state index in [2.05, 4.69) is 14.7 Å². The van der Waals surface area contributed by atoms with Crippen LogP contribution < -0.4 is 5.32 Å². The number of oxazole rings is 1. The maximum atomic E-state index is 12.7. The molecule has 0 fully saturated rings. The summed E-state index contributed by atoms with van der Waals surface area (Å²) in [6, 6.07) is 21.1. The van der Waals surface area contributed by atoms with Crippen LogP contribution in [0.3, 0.4) is 0 Å². The number of carbonyl (C=O) groups excluding carboxylic acids is 1. The highest BCUT2D eigenvalue weighted by molar-refractivity contribution is 7.10. The number of anilines is 1. The first-order valence-electron chi connectivity index (χ1n) is 11.1. The van der Waals surface area contributed by atoms with Gasteiger partial charge in [-0.05, 0) is 65.5 Å². The topological polar surface area (TPSA) is 115 Å². The molecule has 2 aromatic heterocycles. The summed E-state index contributed by atoms with van der Waals surface area (Å²) in [6.45, 7) is 3.66. The summed E-state index contributed by atoms with van der Waals surface area (Å²) in [5.74, 6) is -1.13. The molecule has 2 heterocycles. The lowest BCUT2D eigenvalue weighted by Crippen LogP contribution is -2.16. The molecule has 5 rings (SSSR count). The Morgan fingerprint density at radius 2 is 1.72 bits per heavy atom. The van der Waals surface area contributed by atoms with Crippen LogP contribution >= 0.6 is 11.5 Å². The van der Waals surface area contributed by atoms with Crippen molar-refractivity contribution in [1.82, 2.24) is 9.36 Å². The number of ether oxygens (including phenoxy) is 1. The second-order valence-corrected chi connectivity index (χ2v) is 8.94. The Kier molecular flexibility index (Phi) is 6.22. The molecule has 0 saturated heterocycles. The minimum atomic E-state index is -1.16. The number of nitrogens with one attached hydrogen (secondary N) is 1. The number of carboxylic acids is 1. The average molecular weight is 500 g/mol. The zero-order chi connectivity index (χ0) is 25.2. The molecule has 0 aliphatic heterocycles. The smallest absolute Gasteiger partial charge is 0.412 e. The fraction of sp³-hybridized carbons (Fsp3) is 0.111. The largest absolute Gasteiger partial charge is 0.475 e. The van der Waals surface area contributed by atoms with Crippen molar-refractivity contribution in [3.05, 3.63) is 89.9 Å². The third kappa shape index (κ3) is 4.69. The van der Waals surface area contributed by atoms with Crippen LogP contribution in [0.15, 0.2) is 77.3 Å². The van der Waals surface area contributed by atoms with E-state index < -0.39 is 18.2 Å². The first-order valence-corrected chi connectivity index (χ1v) is 11.9. The van der Waals surface area contributed by atoms with Gasteiger partial charge >= 0.3 is 12.1 Å². The highest BCUT2D eigenvalue weighted by Gasteiger charge is 2.19. The number of hydrogen-bond acceptors (Lipinski definition) is 7. The number of rotatable bonds is 6. The standard InChI is InChI=1S/C27H21N3O5S/c1-15-23(29-27(33)34-16(2)17-6-4-3-5-7-17)24(36-30-15)20-10-8-19-13-21(11-9-18(19)12-20)25-28-14-22(35-25)26(31)32/h3-14,16H,1-2H3,(H,29,33)(H,31,32). The van der Waals surface area contributed by atoms with E-state index in [9.17, 15) is 9.59 Å². The van der Waals surface area contributed by atoms with Gasteiger partial charge in [0.15, 0.2) is 0 Å². The van der Waals surface area contributed by atoms with Gasteiger partial charge in [0.2, 0.25) is 11.7 Å². The molecule has 36 heavy (non-hydrogen) atoms. The van der Waals surface area contributed by atoms with E-state index in [1.54, 1.807) is 0 Å². The molecule has 0 saturated carbocycles. The van der Waals surface area contributed by atoms with Crippen LogP contribution in [-0.2, 0) is 4.74 Å². The SMILES string of the molecule is Cc1nsc(-c2ccc3cc(-c4ncc(C(=O)O)o4)ccc3c2)c1NC(=O)OC(C)c1ccccc1. The van der Waals surface area contributed by atoms with Gasteiger partial charge in [-0.3, -0.25) is 5.32 Å². The Balaban J connectivity index is 1.38. The van der Waals surface area contributed by atoms with E-state index in [1.165, 1.54) is 17.7 Å². The maximum absolute atomic E-state index is 12.7. The molecule has 0 spiro atoms. The van der Waals surface area contributed by atoms with Gasteiger partial charge in [-0.25, -0.2) is 14.6 Å². The number of hydrogen-bond donors (Lipinski definition) is 2. The molecular formula is C27H21N3O5S. The lowest BCUT2D eigenvalue weighted by molar-refractivity contribution is 0.0663. The summed E-state index contributed by atoms with van der Waals surface area (Å²) in [6.07, 6.45) is 0.247. The molecule has 9 heteroatoms. The lowest BCUT2D eigenvalue weighted by Gasteiger charge is -2.15. The van der Waals surface area contributed by atoms with Crippen molar-refractivity contribution in [3.8, 4) is 21.9 Å². The highest BCUT2D eigenvalue weighted by atomic mass is 32.1. The van der Waals surface area contributed by atoms with Gasteiger partial charge in [-0.2, -0.15) is 4.37 Å². The van der Waals surface area contributed by atoms with E-state index in [1.807, 2.05) is 80.6 Å². The molecule has 1 amide bonds. The van der Waals surface area contributed by atoms with E-state index in [4.69, 9.17) is 14.3 Å². The van der Waals surface area contributed by atoms with Gasteiger partial charge in [0.1, 0.15) is 6.10 Å². The molecule has 5 aromatic rings. The fourth-order valence-electron chi connectivity index (χ4n) is 3.82.